The second kappa shape index (κ2) is 4.83. The largest absolute Gasteiger partial charge is 0.493 e. The van der Waals surface area contributed by atoms with Gasteiger partial charge in [0.05, 0.1) is 11.2 Å². The zero-order valence-corrected chi connectivity index (χ0v) is 10.1. The van der Waals surface area contributed by atoms with Gasteiger partial charge in [-0.15, -0.1) is 5.11 Å². The van der Waals surface area contributed by atoms with E-state index in [1.165, 1.54) is 13.0 Å². The fourth-order valence-electron chi connectivity index (χ4n) is 1.67. The van der Waals surface area contributed by atoms with Crippen LogP contribution in [0.15, 0.2) is 46.3 Å². The van der Waals surface area contributed by atoms with Crippen LogP contribution in [0.3, 0.4) is 0 Å². The van der Waals surface area contributed by atoms with Crippen molar-refractivity contribution in [1.29, 1.82) is 0 Å². The molecule has 0 aliphatic carbocycles. The number of allylic oxidation sites excluding steroid dienone is 2. The number of aromatic amines is 1. The van der Waals surface area contributed by atoms with Crippen LogP contribution >= 0.6 is 0 Å². The maximum absolute atomic E-state index is 10.9. The Kier molecular flexibility index (Phi) is 3.23. The van der Waals surface area contributed by atoms with E-state index < -0.39 is 0 Å². The number of hydrogen-bond acceptors (Lipinski definition) is 4. The highest BCUT2D eigenvalue weighted by Crippen LogP contribution is 2.35. The van der Waals surface area contributed by atoms with Crippen LogP contribution in [0.2, 0.25) is 0 Å². The SMILES string of the molecule is CC(=O)C=C(C)N=Nc1c(O)[nH]c2ccccc12. The molecule has 2 aromatic rings. The van der Waals surface area contributed by atoms with Gasteiger partial charge >= 0.3 is 0 Å². The number of hydrogen-bond donors (Lipinski definition) is 2. The highest BCUT2D eigenvalue weighted by molar-refractivity contribution is 5.94. The zero-order chi connectivity index (χ0) is 13.1. The number of nitrogens with one attached hydrogen (secondary N) is 1. The molecule has 1 aromatic carbocycles. The maximum Gasteiger partial charge on any atom is 0.218 e. The van der Waals surface area contributed by atoms with E-state index >= 15 is 0 Å². The highest BCUT2D eigenvalue weighted by Gasteiger charge is 2.09. The molecule has 18 heavy (non-hydrogen) atoms. The molecule has 0 fully saturated rings. The molecule has 1 aromatic heterocycles. The Hall–Kier alpha value is -2.43. The molecule has 5 nitrogen and oxygen atoms in total. The van der Waals surface area contributed by atoms with Gasteiger partial charge in [-0.1, -0.05) is 18.2 Å². The van der Waals surface area contributed by atoms with Gasteiger partial charge in [0.1, 0.15) is 0 Å². The van der Waals surface area contributed by atoms with Crippen molar-refractivity contribution in [3.05, 3.63) is 36.0 Å². The van der Waals surface area contributed by atoms with Crippen LogP contribution in [0.1, 0.15) is 13.8 Å². The van der Waals surface area contributed by atoms with Crippen LogP contribution in [-0.2, 0) is 4.79 Å². The maximum atomic E-state index is 10.9. The summed E-state index contributed by atoms with van der Waals surface area (Å²) in [5.41, 5.74) is 1.66. The monoisotopic (exact) mass is 243 g/mol. The Morgan fingerprint density at radius 3 is 2.78 bits per heavy atom. The lowest BCUT2D eigenvalue weighted by Gasteiger charge is -1.91. The number of carbonyl (C=O) groups excluding carboxylic acids is 1. The van der Waals surface area contributed by atoms with Crippen molar-refractivity contribution in [3.8, 4) is 5.88 Å². The van der Waals surface area contributed by atoms with Crippen LogP contribution < -0.4 is 0 Å². The third-order valence-corrected chi connectivity index (χ3v) is 2.38. The molecule has 0 aliphatic heterocycles. The Bertz CT molecular complexity index is 653. The number of aromatic hydroxyl groups is 1. The fraction of sp³-hybridized carbons (Fsp3) is 0.154. The van der Waals surface area contributed by atoms with Gasteiger partial charge in [0, 0.05) is 11.5 Å². The van der Waals surface area contributed by atoms with Gasteiger partial charge < -0.3 is 10.1 Å². The summed E-state index contributed by atoms with van der Waals surface area (Å²) in [7, 11) is 0. The summed E-state index contributed by atoms with van der Waals surface area (Å²) >= 11 is 0. The average molecular weight is 243 g/mol. The van der Waals surface area contributed by atoms with E-state index in [1.54, 1.807) is 6.92 Å². The Morgan fingerprint density at radius 1 is 1.33 bits per heavy atom. The molecule has 5 heteroatoms. The van der Waals surface area contributed by atoms with E-state index in [0.29, 0.717) is 11.4 Å². The first kappa shape index (κ1) is 12.0. The first-order chi connectivity index (χ1) is 8.58. The van der Waals surface area contributed by atoms with Gasteiger partial charge in [0.25, 0.3) is 0 Å². The molecule has 92 valence electrons. The molecule has 0 radical (unpaired) electrons. The van der Waals surface area contributed by atoms with Gasteiger partial charge in [-0.25, -0.2) is 0 Å². The lowest BCUT2D eigenvalue weighted by molar-refractivity contribution is -0.112. The van der Waals surface area contributed by atoms with Crippen molar-refractivity contribution in [3.63, 3.8) is 0 Å². The summed E-state index contributed by atoms with van der Waals surface area (Å²) in [5, 5.41) is 18.4. The van der Waals surface area contributed by atoms with E-state index in [1.807, 2.05) is 24.3 Å². The molecule has 0 saturated carbocycles. The van der Waals surface area contributed by atoms with Crippen LogP contribution in [0, 0.1) is 0 Å². The fourth-order valence-corrected chi connectivity index (χ4v) is 1.67. The average Bonchev–Trinajstić information content (AvgIpc) is 2.61. The van der Waals surface area contributed by atoms with Gasteiger partial charge in [-0.3, -0.25) is 4.79 Å². The predicted molar refractivity (Wildman–Crippen MR) is 68.9 cm³/mol. The van der Waals surface area contributed by atoms with E-state index in [4.69, 9.17) is 0 Å². The van der Waals surface area contributed by atoms with Crippen molar-refractivity contribution < 1.29 is 9.90 Å². The van der Waals surface area contributed by atoms with Crippen LogP contribution in [-0.4, -0.2) is 15.9 Å². The third kappa shape index (κ3) is 2.45. The molecule has 0 atom stereocenters. The van der Waals surface area contributed by atoms with Gasteiger partial charge in [0.2, 0.25) is 5.88 Å². The number of H-pyrrole nitrogens is 1. The number of para-hydroxylation sites is 1. The summed E-state index contributed by atoms with van der Waals surface area (Å²) in [4.78, 5) is 13.7. The number of fused-ring (bicyclic) bond motifs is 1. The minimum absolute atomic E-state index is 0.0319. The molecule has 0 spiro atoms. The molecule has 2 N–H and O–H groups in total. The summed E-state index contributed by atoms with van der Waals surface area (Å²) in [6.45, 7) is 3.12. The second-order valence-electron chi connectivity index (χ2n) is 3.96. The molecular weight excluding hydrogens is 230 g/mol. The minimum atomic E-state index is -0.0883. The zero-order valence-electron chi connectivity index (χ0n) is 10.1. The van der Waals surface area contributed by atoms with Crippen LogP contribution in [0.5, 0.6) is 5.88 Å². The number of carbonyl (C=O) groups is 1. The molecule has 0 aliphatic rings. The lowest BCUT2D eigenvalue weighted by atomic mass is 10.2. The third-order valence-electron chi connectivity index (χ3n) is 2.38. The standard InChI is InChI=1S/C13H13N3O2/c1-8(7-9(2)17)15-16-12-10-5-3-4-6-11(10)14-13(12)18/h3-7,14,18H,1-2H3. The van der Waals surface area contributed by atoms with Gasteiger partial charge in [-0.2, -0.15) is 5.11 Å². The molecule has 0 saturated heterocycles. The lowest BCUT2D eigenvalue weighted by Crippen LogP contribution is -1.82. The molecule has 0 amide bonds. The number of rotatable bonds is 3. The second-order valence-corrected chi connectivity index (χ2v) is 3.96. The summed E-state index contributed by atoms with van der Waals surface area (Å²) in [5.74, 6) is -0.120. The van der Waals surface area contributed by atoms with E-state index in [9.17, 15) is 9.90 Å². The molecular formula is C13H13N3O2. The first-order valence-electron chi connectivity index (χ1n) is 5.48. The van der Waals surface area contributed by atoms with Crippen LogP contribution in [0.25, 0.3) is 10.9 Å². The van der Waals surface area contributed by atoms with Crippen molar-refractivity contribution in [2.75, 3.05) is 0 Å². The van der Waals surface area contributed by atoms with Crippen molar-refractivity contribution in [2.24, 2.45) is 10.2 Å². The Balaban J connectivity index is 2.40. The summed E-state index contributed by atoms with van der Waals surface area (Å²) in [6, 6.07) is 7.39. The first-order valence-corrected chi connectivity index (χ1v) is 5.48. The normalized spacial score (nSPS) is 12.4. The number of benzene rings is 1. The van der Waals surface area contributed by atoms with E-state index in [0.717, 1.165) is 10.9 Å². The number of ketones is 1. The van der Waals surface area contributed by atoms with Gasteiger partial charge in [-0.05, 0) is 19.9 Å². The van der Waals surface area contributed by atoms with Crippen LogP contribution in [0.4, 0.5) is 5.69 Å². The minimum Gasteiger partial charge on any atom is -0.493 e. The Morgan fingerprint density at radius 2 is 2.06 bits per heavy atom. The molecule has 2 rings (SSSR count). The van der Waals surface area contributed by atoms with E-state index in [-0.39, 0.29) is 11.7 Å². The summed E-state index contributed by atoms with van der Waals surface area (Å²) in [6.07, 6.45) is 1.38. The summed E-state index contributed by atoms with van der Waals surface area (Å²) < 4.78 is 0. The molecule has 1 heterocycles. The number of nitrogens with zero attached hydrogens (tertiary/aromatic N) is 2. The number of aromatic nitrogens is 1. The van der Waals surface area contributed by atoms with Crippen molar-refractivity contribution in [1.82, 2.24) is 4.98 Å². The predicted octanol–water partition coefficient (Wildman–Crippen LogP) is 3.45. The van der Waals surface area contributed by atoms with E-state index in [2.05, 4.69) is 15.2 Å². The van der Waals surface area contributed by atoms with Crippen molar-refractivity contribution in [2.45, 2.75) is 13.8 Å². The smallest absolute Gasteiger partial charge is 0.218 e. The molecule has 0 bridgehead atoms. The highest BCUT2D eigenvalue weighted by atomic mass is 16.3. The number of azo groups is 1. The topological polar surface area (TPSA) is 77.8 Å². The van der Waals surface area contributed by atoms with Gasteiger partial charge in [0.15, 0.2) is 11.5 Å². The molecule has 0 unspecified atom stereocenters. The Labute approximate surface area is 104 Å². The quantitative estimate of drug-likeness (QED) is 0.639. The van der Waals surface area contributed by atoms with Crippen molar-refractivity contribution >= 4 is 22.4 Å².